The van der Waals surface area contributed by atoms with E-state index in [-0.39, 0.29) is 11.7 Å². The van der Waals surface area contributed by atoms with Crippen LogP contribution in [-0.4, -0.2) is 16.7 Å². The van der Waals surface area contributed by atoms with Crippen LogP contribution < -0.4 is 10.6 Å². The standard InChI is InChI=1S/C21H18ClN3O2/c1-13-18(22)4-3-5-19(13)25-20-11-8-16(12-23-20)21(27)24-17-9-6-15(7-10-17)14(2)26/h3-12H,1-2H3,(H,23,25)(H,24,27). The van der Waals surface area contributed by atoms with Crippen molar-refractivity contribution in [3.63, 3.8) is 0 Å². The third-order valence-electron chi connectivity index (χ3n) is 4.11. The van der Waals surface area contributed by atoms with Gasteiger partial charge in [0.05, 0.1) is 5.56 Å². The van der Waals surface area contributed by atoms with Crippen LogP contribution in [-0.2, 0) is 0 Å². The predicted octanol–water partition coefficient (Wildman–Crippen LogP) is 5.24. The highest BCUT2D eigenvalue weighted by atomic mass is 35.5. The van der Waals surface area contributed by atoms with Gasteiger partial charge in [-0.1, -0.05) is 17.7 Å². The normalized spacial score (nSPS) is 10.3. The van der Waals surface area contributed by atoms with Gasteiger partial charge in [0.1, 0.15) is 5.82 Å². The Bertz CT molecular complexity index is 983. The maximum atomic E-state index is 12.3. The summed E-state index contributed by atoms with van der Waals surface area (Å²) in [4.78, 5) is 27.9. The van der Waals surface area contributed by atoms with Crippen LogP contribution in [0.4, 0.5) is 17.2 Å². The number of carbonyl (C=O) groups excluding carboxylic acids is 2. The van der Waals surface area contributed by atoms with Crippen LogP contribution in [0.15, 0.2) is 60.8 Å². The van der Waals surface area contributed by atoms with Gasteiger partial charge in [-0.25, -0.2) is 4.98 Å². The first-order valence-corrected chi connectivity index (χ1v) is 8.72. The Morgan fingerprint density at radius 3 is 2.30 bits per heavy atom. The number of benzene rings is 2. The number of Topliss-reactive ketones (excluding diaryl/α,β-unsaturated/α-hetero) is 1. The van der Waals surface area contributed by atoms with E-state index in [9.17, 15) is 9.59 Å². The number of rotatable bonds is 5. The lowest BCUT2D eigenvalue weighted by Gasteiger charge is -2.10. The highest BCUT2D eigenvalue weighted by Crippen LogP contribution is 2.25. The zero-order chi connectivity index (χ0) is 19.4. The Labute approximate surface area is 162 Å². The minimum Gasteiger partial charge on any atom is -0.340 e. The van der Waals surface area contributed by atoms with E-state index in [1.54, 1.807) is 36.4 Å². The summed E-state index contributed by atoms with van der Waals surface area (Å²) in [6, 6.07) is 15.8. The molecule has 0 atom stereocenters. The maximum Gasteiger partial charge on any atom is 0.257 e. The number of aromatic nitrogens is 1. The molecule has 27 heavy (non-hydrogen) atoms. The fourth-order valence-corrected chi connectivity index (χ4v) is 2.65. The monoisotopic (exact) mass is 379 g/mol. The molecule has 0 fully saturated rings. The molecule has 2 aromatic carbocycles. The largest absolute Gasteiger partial charge is 0.340 e. The quantitative estimate of drug-likeness (QED) is 0.594. The second-order valence-electron chi connectivity index (χ2n) is 6.06. The molecular weight excluding hydrogens is 362 g/mol. The summed E-state index contributed by atoms with van der Waals surface area (Å²) in [5.74, 6) is 0.321. The Hall–Kier alpha value is -3.18. The van der Waals surface area contributed by atoms with Crippen molar-refractivity contribution in [1.82, 2.24) is 4.98 Å². The summed E-state index contributed by atoms with van der Waals surface area (Å²) in [5, 5.41) is 6.64. The van der Waals surface area contributed by atoms with Crippen molar-refractivity contribution in [1.29, 1.82) is 0 Å². The third-order valence-corrected chi connectivity index (χ3v) is 4.51. The van der Waals surface area contributed by atoms with Gasteiger partial charge < -0.3 is 10.6 Å². The first-order chi connectivity index (χ1) is 12.9. The SMILES string of the molecule is CC(=O)c1ccc(NC(=O)c2ccc(Nc3cccc(Cl)c3C)nc2)cc1. The molecule has 0 saturated heterocycles. The minimum atomic E-state index is -0.274. The number of nitrogens with one attached hydrogen (secondary N) is 2. The topological polar surface area (TPSA) is 71.1 Å². The molecule has 136 valence electrons. The zero-order valence-electron chi connectivity index (χ0n) is 14.9. The van der Waals surface area contributed by atoms with Crippen LogP contribution in [0, 0.1) is 6.92 Å². The van der Waals surface area contributed by atoms with Crippen molar-refractivity contribution in [2.75, 3.05) is 10.6 Å². The predicted molar refractivity (Wildman–Crippen MR) is 108 cm³/mol. The van der Waals surface area contributed by atoms with Gasteiger partial charge in [-0.05, 0) is 67.9 Å². The third kappa shape index (κ3) is 4.51. The van der Waals surface area contributed by atoms with Gasteiger partial charge in [-0.2, -0.15) is 0 Å². The van der Waals surface area contributed by atoms with Crippen LogP contribution in [0.25, 0.3) is 0 Å². The van der Waals surface area contributed by atoms with Gasteiger partial charge in [-0.3, -0.25) is 9.59 Å². The summed E-state index contributed by atoms with van der Waals surface area (Å²) in [6.45, 7) is 3.42. The molecule has 5 nitrogen and oxygen atoms in total. The molecule has 2 N–H and O–H groups in total. The average Bonchev–Trinajstić information content (AvgIpc) is 2.66. The Morgan fingerprint density at radius 1 is 0.963 bits per heavy atom. The lowest BCUT2D eigenvalue weighted by Crippen LogP contribution is -2.12. The van der Waals surface area contributed by atoms with Gasteiger partial charge >= 0.3 is 0 Å². The van der Waals surface area contributed by atoms with Gasteiger partial charge in [0.2, 0.25) is 0 Å². The van der Waals surface area contributed by atoms with Crippen molar-refractivity contribution in [2.45, 2.75) is 13.8 Å². The molecule has 0 radical (unpaired) electrons. The summed E-state index contributed by atoms with van der Waals surface area (Å²) in [7, 11) is 0. The molecule has 1 heterocycles. The Balaban J connectivity index is 1.68. The van der Waals surface area contributed by atoms with E-state index in [0.29, 0.717) is 27.7 Å². The number of halogens is 1. The smallest absolute Gasteiger partial charge is 0.257 e. The van der Waals surface area contributed by atoms with E-state index in [0.717, 1.165) is 11.3 Å². The number of pyridine rings is 1. The first kappa shape index (κ1) is 18.6. The lowest BCUT2D eigenvalue weighted by molar-refractivity contribution is 0.101. The van der Waals surface area contributed by atoms with E-state index in [4.69, 9.17) is 11.6 Å². The van der Waals surface area contributed by atoms with Crippen molar-refractivity contribution in [2.24, 2.45) is 0 Å². The van der Waals surface area contributed by atoms with Gasteiger partial charge in [0, 0.05) is 28.2 Å². The first-order valence-electron chi connectivity index (χ1n) is 8.34. The second-order valence-corrected chi connectivity index (χ2v) is 6.46. The molecule has 0 spiro atoms. The molecule has 1 amide bonds. The van der Waals surface area contributed by atoms with Crippen molar-refractivity contribution in [3.8, 4) is 0 Å². The van der Waals surface area contributed by atoms with Crippen molar-refractivity contribution < 1.29 is 9.59 Å². The average molecular weight is 380 g/mol. The number of anilines is 3. The highest BCUT2D eigenvalue weighted by Gasteiger charge is 2.08. The highest BCUT2D eigenvalue weighted by molar-refractivity contribution is 6.31. The number of hydrogen-bond donors (Lipinski definition) is 2. The van der Waals surface area contributed by atoms with Crippen LogP contribution >= 0.6 is 11.6 Å². The van der Waals surface area contributed by atoms with Gasteiger partial charge in [0.25, 0.3) is 5.91 Å². The van der Waals surface area contributed by atoms with Crippen LogP contribution in [0.2, 0.25) is 5.02 Å². The van der Waals surface area contributed by atoms with E-state index in [1.807, 2.05) is 25.1 Å². The number of ketones is 1. The molecule has 3 aromatic rings. The Kier molecular flexibility index (Phi) is 5.52. The van der Waals surface area contributed by atoms with Crippen molar-refractivity contribution in [3.05, 3.63) is 82.5 Å². The lowest BCUT2D eigenvalue weighted by atomic mass is 10.1. The number of nitrogens with zero attached hydrogens (tertiary/aromatic N) is 1. The fraction of sp³-hybridized carbons (Fsp3) is 0.0952. The van der Waals surface area contributed by atoms with E-state index < -0.39 is 0 Å². The zero-order valence-corrected chi connectivity index (χ0v) is 15.7. The summed E-state index contributed by atoms with van der Waals surface area (Å²) in [6.07, 6.45) is 1.50. The van der Waals surface area contributed by atoms with Crippen LogP contribution in [0.3, 0.4) is 0 Å². The number of amides is 1. The summed E-state index contributed by atoms with van der Waals surface area (Å²) < 4.78 is 0. The van der Waals surface area contributed by atoms with E-state index >= 15 is 0 Å². The van der Waals surface area contributed by atoms with E-state index in [1.165, 1.54) is 13.1 Å². The second kappa shape index (κ2) is 8.01. The number of carbonyl (C=O) groups is 2. The molecule has 0 saturated carbocycles. The molecule has 1 aromatic heterocycles. The van der Waals surface area contributed by atoms with Gasteiger partial charge in [0.15, 0.2) is 5.78 Å². The minimum absolute atomic E-state index is 0.0184. The van der Waals surface area contributed by atoms with Gasteiger partial charge in [-0.15, -0.1) is 0 Å². The Morgan fingerprint density at radius 2 is 1.67 bits per heavy atom. The molecular formula is C21H18ClN3O2. The molecule has 0 unspecified atom stereocenters. The fourth-order valence-electron chi connectivity index (χ4n) is 2.47. The molecule has 3 rings (SSSR count). The summed E-state index contributed by atoms with van der Waals surface area (Å²) >= 11 is 6.12. The van der Waals surface area contributed by atoms with Crippen LogP contribution in [0.1, 0.15) is 33.2 Å². The maximum absolute atomic E-state index is 12.3. The number of hydrogen-bond acceptors (Lipinski definition) is 4. The molecule has 0 aliphatic rings. The molecule has 0 aliphatic carbocycles. The van der Waals surface area contributed by atoms with Crippen LogP contribution in [0.5, 0.6) is 0 Å². The molecule has 0 aliphatic heterocycles. The summed E-state index contributed by atoms with van der Waals surface area (Å²) in [5.41, 5.74) is 3.43. The molecule has 0 bridgehead atoms. The molecule has 6 heteroatoms. The van der Waals surface area contributed by atoms with Crippen molar-refractivity contribution >= 4 is 40.5 Å². The van der Waals surface area contributed by atoms with E-state index in [2.05, 4.69) is 15.6 Å².